The molecular formula is C23H33N3O2. The highest BCUT2D eigenvalue weighted by Gasteiger charge is 2.37. The molecule has 0 unspecified atom stereocenters. The van der Waals surface area contributed by atoms with Crippen molar-refractivity contribution in [2.45, 2.75) is 47.0 Å². The summed E-state index contributed by atoms with van der Waals surface area (Å²) in [5, 5.41) is 7.11. The number of carbonyl (C=O) groups is 1. The van der Waals surface area contributed by atoms with Gasteiger partial charge < -0.3 is 9.64 Å². The molecule has 152 valence electrons. The van der Waals surface area contributed by atoms with E-state index in [4.69, 9.17) is 9.84 Å². The molecule has 28 heavy (non-hydrogen) atoms. The van der Waals surface area contributed by atoms with Crippen molar-refractivity contribution in [1.29, 1.82) is 0 Å². The van der Waals surface area contributed by atoms with Gasteiger partial charge in [0.05, 0.1) is 19.4 Å². The number of hydrogen-bond donors (Lipinski definition) is 0. The molecule has 5 nitrogen and oxygen atoms in total. The lowest BCUT2D eigenvalue weighted by Gasteiger charge is -2.39. The molecule has 0 saturated carbocycles. The molecular weight excluding hydrogens is 350 g/mol. The van der Waals surface area contributed by atoms with Crippen LogP contribution in [-0.2, 0) is 4.79 Å². The van der Waals surface area contributed by atoms with Crippen LogP contribution in [0.25, 0.3) is 0 Å². The maximum Gasteiger partial charge on any atom is 0.161 e. The minimum atomic E-state index is -0.00347. The van der Waals surface area contributed by atoms with Gasteiger partial charge in [-0.15, -0.1) is 0 Å². The highest BCUT2D eigenvalue weighted by molar-refractivity contribution is 6.09. The largest absolute Gasteiger partial charge is 0.497 e. The molecule has 3 rings (SSSR count). The van der Waals surface area contributed by atoms with E-state index >= 15 is 0 Å². The van der Waals surface area contributed by atoms with Gasteiger partial charge in [-0.25, -0.2) is 0 Å². The zero-order chi connectivity index (χ0) is 20.3. The average Bonchev–Trinajstić information content (AvgIpc) is 2.68. The summed E-state index contributed by atoms with van der Waals surface area (Å²) in [6.45, 7) is 12.5. The average molecular weight is 384 g/mol. The molecule has 5 heteroatoms. The molecule has 1 aromatic rings. The molecule has 0 fully saturated rings. The molecule has 1 aromatic carbocycles. The first-order valence-electron chi connectivity index (χ1n) is 10.3. The summed E-state index contributed by atoms with van der Waals surface area (Å²) in [5.41, 5.74) is 4.11. The fourth-order valence-corrected chi connectivity index (χ4v) is 4.09. The second-order valence-corrected chi connectivity index (χ2v) is 8.47. The number of Topliss-reactive ketones (excluding diaryl/α,β-unsaturated/α-hetero) is 1. The van der Waals surface area contributed by atoms with Gasteiger partial charge in [-0.1, -0.05) is 27.7 Å². The molecule has 0 amide bonds. The van der Waals surface area contributed by atoms with Crippen LogP contribution in [0.4, 0.5) is 0 Å². The van der Waals surface area contributed by atoms with Gasteiger partial charge in [-0.2, -0.15) is 5.10 Å². The third-order valence-electron chi connectivity index (χ3n) is 5.81. The Morgan fingerprint density at radius 2 is 1.82 bits per heavy atom. The van der Waals surface area contributed by atoms with Gasteiger partial charge in [0.15, 0.2) is 5.78 Å². The number of hydrogen-bond acceptors (Lipinski definition) is 5. The second-order valence-electron chi connectivity index (χ2n) is 8.47. The third-order valence-corrected chi connectivity index (χ3v) is 5.81. The lowest BCUT2D eigenvalue weighted by Crippen LogP contribution is -2.39. The minimum absolute atomic E-state index is 0.00347. The van der Waals surface area contributed by atoms with Gasteiger partial charge in [-0.3, -0.25) is 9.80 Å². The summed E-state index contributed by atoms with van der Waals surface area (Å²) in [4.78, 5) is 15.3. The molecule has 0 N–H and O–H groups in total. The van der Waals surface area contributed by atoms with E-state index in [0.29, 0.717) is 12.8 Å². The highest BCUT2D eigenvalue weighted by Crippen LogP contribution is 2.41. The van der Waals surface area contributed by atoms with Crippen LogP contribution in [0.5, 0.6) is 5.75 Å². The number of likely N-dealkylation sites (N-methyl/N-ethyl adjacent to an activating group) is 1. The predicted molar refractivity (Wildman–Crippen MR) is 114 cm³/mol. The number of carbonyl (C=O) groups excluding carboxylic acids is 1. The maximum atomic E-state index is 12.9. The van der Waals surface area contributed by atoms with Crippen molar-refractivity contribution in [1.82, 2.24) is 9.91 Å². The summed E-state index contributed by atoms with van der Waals surface area (Å²) in [6, 6.07) is 7.97. The van der Waals surface area contributed by atoms with E-state index in [2.05, 4.69) is 37.6 Å². The molecule has 0 spiro atoms. The van der Waals surface area contributed by atoms with Gasteiger partial charge in [0.1, 0.15) is 5.75 Å². The molecule has 2 aliphatic rings. The van der Waals surface area contributed by atoms with Crippen LogP contribution >= 0.6 is 0 Å². The minimum Gasteiger partial charge on any atom is -0.497 e. The summed E-state index contributed by atoms with van der Waals surface area (Å²) in [5.74, 6) is 1.11. The summed E-state index contributed by atoms with van der Waals surface area (Å²) in [7, 11) is 1.67. The Labute approximate surface area is 169 Å². The molecule has 0 aromatic heterocycles. The van der Waals surface area contributed by atoms with Crippen molar-refractivity contribution in [3.63, 3.8) is 0 Å². The number of nitrogens with zero attached hydrogens (tertiary/aromatic N) is 3. The van der Waals surface area contributed by atoms with Gasteiger partial charge in [0, 0.05) is 30.7 Å². The molecule has 0 atom stereocenters. The van der Waals surface area contributed by atoms with E-state index < -0.39 is 0 Å². The first kappa shape index (κ1) is 20.6. The fraction of sp³-hybridized carbons (Fsp3) is 0.565. The normalized spacial score (nSPS) is 19.0. The standard InChI is InChI=1S/C23H33N3O2/c1-6-25(7-2)12-13-26-21-15-23(3,4)16-22(27)19(21)14-20(24-26)17-8-10-18(28-5)11-9-17/h8-11H,6-7,12-16H2,1-5H3. The first-order valence-corrected chi connectivity index (χ1v) is 10.3. The maximum absolute atomic E-state index is 12.9. The molecule has 0 radical (unpaired) electrons. The van der Waals surface area contributed by atoms with Gasteiger partial charge in [-0.05, 0) is 54.8 Å². The number of rotatable bonds is 7. The zero-order valence-electron chi connectivity index (χ0n) is 17.9. The molecule has 1 heterocycles. The monoisotopic (exact) mass is 383 g/mol. The van der Waals surface area contributed by atoms with Crippen molar-refractivity contribution >= 4 is 11.5 Å². The quantitative estimate of drug-likeness (QED) is 0.711. The van der Waals surface area contributed by atoms with Crippen LogP contribution < -0.4 is 4.74 Å². The van der Waals surface area contributed by atoms with Crippen LogP contribution in [0.2, 0.25) is 0 Å². The van der Waals surface area contributed by atoms with E-state index in [-0.39, 0.29) is 11.2 Å². The molecule has 1 aliphatic heterocycles. The van der Waals surface area contributed by atoms with Crippen LogP contribution in [0, 0.1) is 5.41 Å². The second kappa shape index (κ2) is 8.48. The number of ether oxygens (including phenoxy) is 1. The van der Waals surface area contributed by atoms with Gasteiger partial charge >= 0.3 is 0 Å². The summed E-state index contributed by atoms with van der Waals surface area (Å²) >= 11 is 0. The van der Waals surface area contributed by atoms with Crippen molar-refractivity contribution < 1.29 is 9.53 Å². The fourth-order valence-electron chi connectivity index (χ4n) is 4.09. The zero-order valence-corrected chi connectivity index (χ0v) is 17.9. The van der Waals surface area contributed by atoms with E-state index in [1.165, 1.54) is 0 Å². The number of methoxy groups -OCH3 is 1. The van der Waals surface area contributed by atoms with Crippen molar-refractivity contribution in [2.24, 2.45) is 10.5 Å². The van der Waals surface area contributed by atoms with Crippen LogP contribution in [0.1, 0.15) is 52.5 Å². The van der Waals surface area contributed by atoms with E-state index in [1.807, 2.05) is 24.3 Å². The number of allylic oxidation sites excluding steroid dienone is 2. The number of benzene rings is 1. The Bertz CT molecular complexity index is 774. The van der Waals surface area contributed by atoms with Gasteiger partial charge in [0.2, 0.25) is 0 Å². The van der Waals surface area contributed by atoms with Crippen LogP contribution in [0.15, 0.2) is 40.6 Å². The van der Waals surface area contributed by atoms with E-state index in [1.54, 1.807) is 7.11 Å². The third kappa shape index (κ3) is 4.46. The highest BCUT2D eigenvalue weighted by atomic mass is 16.5. The first-order chi connectivity index (χ1) is 13.4. The Hall–Kier alpha value is -2.14. The number of hydrazone groups is 1. The Balaban J connectivity index is 1.92. The van der Waals surface area contributed by atoms with Crippen LogP contribution in [-0.4, -0.2) is 54.7 Å². The summed E-state index contributed by atoms with van der Waals surface area (Å²) < 4.78 is 5.27. The van der Waals surface area contributed by atoms with Crippen molar-refractivity contribution in [3.8, 4) is 5.75 Å². The predicted octanol–water partition coefficient (Wildman–Crippen LogP) is 4.09. The Kier molecular flexibility index (Phi) is 6.23. The topological polar surface area (TPSA) is 45.1 Å². The Morgan fingerprint density at radius 1 is 1.14 bits per heavy atom. The summed E-state index contributed by atoms with van der Waals surface area (Å²) in [6.07, 6.45) is 2.15. The smallest absolute Gasteiger partial charge is 0.161 e. The number of ketones is 1. The van der Waals surface area contributed by atoms with Crippen molar-refractivity contribution in [2.75, 3.05) is 33.3 Å². The lowest BCUT2D eigenvalue weighted by molar-refractivity contribution is -0.118. The molecule has 1 aliphatic carbocycles. The molecule has 0 bridgehead atoms. The van der Waals surface area contributed by atoms with Gasteiger partial charge in [0.25, 0.3) is 0 Å². The molecule has 0 saturated heterocycles. The van der Waals surface area contributed by atoms with Crippen LogP contribution in [0.3, 0.4) is 0 Å². The SMILES string of the molecule is CCN(CC)CCN1N=C(c2ccc(OC)cc2)CC2=C1CC(C)(C)CC2=O. The van der Waals surface area contributed by atoms with Crippen molar-refractivity contribution in [3.05, 3.63) is 41.1 Å². The lowest BCUT2D eigenvalue weighted by atomic mass is 9.74. The van der Waals surface area contributed by atoms with E-state index in [0.717, 1.165) is 60.9 Å². The Morgan fingerprint density at radius 3 is 2.43 bits per heavy atom. The van der Waals surface area contributed by atoms with E-state index in [9.17, 15) is 4.79 Å².